The van der Waals surface area contributed by atoms with E-state index in [0.29, 0.717) is 6.04 Å². The molecule has 2 fully saturated rings. The van der Waals surface area contributed by atoms with Gasteiger partial charge >= 0.3 is 0 Å². The minimum absolute atomic E-state index is 0.0977. The topological polar surface area (TPSA) is 49.3 Å². The van der Waals surface area contributed by atoms with Crippen LogP contribution in [0, 0.1) is 6.92 Å². The van der Waals surface area contributed by atoms with Crippen LogP contribution in [0.2, 0.25) is 0 Å². The van der Waals surface area contributed by atoms with Crippen molar-refractivity contribution in [2.24, 2.45) is 4.99 Å². The second-order valence-electron chi connectivity index (χ2n) is 7.35. The zero-order valence-electron chi connectivity index (χ0n) is 17.0. The predicted molar refractivity (Wildman–Crippen MR) is 109 cm³/mol. The Morgan fingerprint density at radius 1 is 1.22 bits per heavy atom. The van der Waals surface area contributed by atoms with Crippen LogP contribution in [-0.4, -0.2) is 80.9 Å². The zero-order chi connectivity index (χ0) is 19.1. The molecule has 27 heavy (non-hydrogen) atoms. The first-order valence-corrected chi connectivity index (χ1v) is 10.2. The second-order valence-corrected chi connectivity index (χ2v) is 7.35. The minimum Gasteiger partial charge on any atom is -0.379 e. The van der Waals surface area contributed by atoms with Crippen molar-refractivity contribution in [3.63, 3.8) is 0 Å². The number of morpholine rings is 2. The van der Waals surface area contributed by atoms with Gasteiger partial charge in [0.1, 0.15) is 6.10 Å². The standard InChI is InChI=1S/C21H34N4O2/c1-4-22-21(23-15-18(3)24-9-12-26-13-10-24)25-11-14-27-20(16-25)19-8-6-5-7-17(19)2/h5-8,18,20H,4,9-16H2,1-3H3,(H,22,23). The maximum Gasteiger partial charge on any atom is 0.194 e. The summed E-state index contributed by atoms with van der Waals surface area (Å²) < 4.78 is 11.5. The molecular formula is C21H34N4O2. The van der Waals surface area contributed by atoms with Crippen LogP contribution in [0.3, 0.4) is 0 Å². The van der Waals surface area contributed by atoms with E-state index < -0.39 is 0 Å². The highest BCUT2D eigenvalue weighted by Gasteiger charge is 2.25. The molecule has 0 aromatic heterocycles. The summed E-state index contributed by atoms with van der Waals surface area (Å²) in [5.74, 6) is 1.000. The summed E-state index contributed by atoms with van der Waals surface area (Å²) in [6.07, 6.45) is 0.0977. The molecule has 0 radical (unpaired) electrons. The molecule has 2 unspecified atom stereocenters. The third-order valence-corrected chi connectivity index (χ3v) is 5.41. The molecule has 2 aliphatic rings. The van der Waals surface area contributed by atoms with Crippen molar-refractivity contribution in [1.29, 1.82) is 0 Å². The fourth-order valence-corrected chi connectivity index (χ4v) is 3.76. The van der Waals surface area contributed by atoms with Crippen LogP contribution in [-0.2, 0) is 9.47 Å². The van der Waals surface area contributed by atoms with Gasteiger partial charge in [-0.05, 0) is 31.9 Å². The van der Waals surface area contributed by atoms with E-state index in [1.807, 2.05) is 0 Å². The number of rotatable bonds is 5. The number of guanidine groups is 1. The van der Waals surface area contributed by atoms with Crippen molar-refractivity contribution in [3.8, 4) is 0 Å². The van der Waals surface area contributed by atoms with Crippen molar-refractivity contribution in [2.75, 3.05) is 59.1 Å². The molecule has 3 rings (SSSR count). The van der Waals surface area contributed by atoms with E-state index in [1.165, 1.54) is 11.1 Å². The molecule has 1 aromatic rings. The molecule has 0 aliphatic carbocycles. The summed E-state index contributed by atoms with van der Waals surface area (Å²) in [4.78, 5) is 9.76. The lowest BCUT2D eigenvalue weighted by atomic mass is 10.0. The number of aryl methyl sites for hydroxylation is 1. The molecule has 2 heterocycles. The summed E-state index contributed by atoms with van der Waals surface area (Å²) in [5, 5.41) is 3.47. The van der Waals surface area contributed by atoms with Gasteiger partial charge in [-0.1, -0.05) is 24.3 Å². The predicted octanol–water partition coefficient (Wildman–Crippen LogP) is 2.05. The Balaban J connectivity index is 1.65. The van der Waals surface area contributed by atoms with Crippen LogP contribution in [0.5, 0.6) is 0 Å². The highest BCUT2D eigenvalue weighted by Crippen LogP contribution is 2.25. The maximum absolute atomic E-state index is 6.08. The molecule has 0 spiro atoms. The lowest BCUT2D eigenvalue weighted by Crippen LogP contribution is -2.49. The van der Waals surface area contributed by atoms with Gasteiger partial charge in [0.2, 0.25) is 0 Å². The normalized spacial score (nSPS) is 23.3. The smallest absolute Gasteiger partial charge is 0.194 e. The number of hydrogen-bond donors (Lipinski definition) is 1. The van der Waals surface area contributed by atoms with E-state index in [2.05, 4.69) is 60.2 Å². The van der Waals surface area contributed by atoms with Crippen LogP contribution in [0.25, 0.3) is 0 Å². The highest BCUT2D eigenvalue weighted by atomic mass is 16.5. The molecule has 2 saturated heterocycles. The van der Waals surface area contributed by atoms with Gasteiger partial charge in [0, 0.05) is 32.2 Å². The van der Waals surface area contributed by atoms with Gasteiger partial charge in [-0.3, -0.25) is 9.89 Å². The molecule has 1 aromatic carbocycles. The molecule has 0 saturated carbocycles. The summed E-state index contributed by atoms with van der Waals surface area (Å²) >= 11 is 0. The first-order chi connectivity index (χ1) is 13.2. The molecule has 6 heteroatoms. The molecular weight excluding hydrogens is 340 g/mol. The molecule has 150 valence electrons. The molecule has 2 aliphatic heterocycles. The van der Waals surface area contributed by atoms with E-state index in [4.69, 9.17) is 14.5 Å². The number of ether oxygens (including phenoxy) is 2. The number of nitrogens with one attached hydrogen (secondary N) is 1. The second kappa shape index (κ2) is 10.1. The average Bonchev–Trinajstić information content (AvgIpc) is 2.72. The summed E-state index contributed by atoms with van der Waals surface area (Å²) in [6, 6.07) is 8.93. The van der Waals surface area contributed by atoms with Crippen molar-refractivity contribution >= 4 is 5.96 Å². The number of aliphatic imine (C=N–C) groups is 1. The zero-order valence-corrected chi connectivity index (χ0v) is 17.0. The first kappa shape index (κ1) is 20.1. The van der Waals surface area contributed by atoms with Crippen LogP contribution >= 0.6 is 0 Å². The fraction of sp³-hybridized carbons (Fsp3) is 0.667. The quantitative estimate of drug-likeness (QED) is 0.631. The van der Waals surface area contributed by atoms with Gasteiger partial charge in [0.15, 0.2) is 5.96 Å². The van der Waals surface area contributed by atoms with Gasteiger partial charge in [-0.2, -0.15) is 0 Å². The maximum atomic E-state index is 6.08. The Morgan fingerprint density at radius 3 is 2.74 bits per heavy atom. The third kappa shape index (κ3) is 5.43. The SMILES string of the molecule is CCNC(=NCC(C)N1CCOCC1)N1CCOC(c2ccccc2C)C1. The monoisotopic (exact) mass is 374 g/mol. The van der Waals surface area contributed by atoms with Crippen LogP contribution in [0.4, 0.5) is 0 Å². The first-order valence-electron chi connectivity index (χ1n) is 10.2. The molecule has 1 N–H and O–H groups in total. The summed E-state index contributed by atoms with van der Waals surface area (Å²) in [5.41, 5.74) is 2.56. The lowest BCUT2D eigenvalue weighted by molar-refractivity contribution is -0.00847. The lowest BCUT2D eigenvalue weighted by Gasteiger charge is -2.36. The molecule has 2 atom stereocenters. The van der Waals surface area contributed by atoms with Crippen molar-refractivity contribution in [2.45, 2.75) is 32.9 Å². The Morgan fingerprint density at radius 2 is 2.00 bits per heavy atom. The highest BCUT2D eigenvalue weighted by molar-refractivity contribution is 5.80. The van der Waals surface area contributed by atoms with E-state index in [1.54, 1.807) is 0 Å². The number of hydrogen-bond acceptors (Lipinski definition) is 4. The van der Waals surface area contributed by atoms with E-state index in [-0.39, 0.29) is 6.10 Å². The number of benzene rings is 1. The molecule has 0 bridgehead atoms. The Labute approximate surface area is 163 Å². The van der Waals surface area contributed by atoms with Crippen LogP contribution in [0.1, 0.15) is 31.1 Å². The Bertz CT molecular complexity index is 616. The van der Waals surface area contributed by atoms with Gasteiger partial charge in [0.05, 0.1) is 32.9 Å². The van der Waals surface area contributed by atoms with Gasteiger partial charge in [0.25, 0.3) is 0 Å². The van der Waals surface area contributed by atoms with Crippen LogP contribution < -0.4 is 5.32 Å². The molecule has 6 nitrogen and oxygen atoms in total. The van der Waals surface area contributed by atoms with E-state index in [0.717, 1.165) is 65.0 Å². The molecule has 0 amide bonds. The van der Waals surface area contributed by atoms with Gasteiger partial charge < -0.3 is 19.7 Å². The van der Waals surface area contributed by atoms with Crippen molar-refractivity contribution in [3.05, 3.63) is 35.4 Å². The minimum atomic E-state index is 0.0977. The Kier molecular flexibility index (Phi) is 7.50. The summed E-state index contributed by atoms with van der Waals surface area (Å²) in [6.45, 7) is 14.3. The third-order valence-electron chi connectivity index (χ3n) is 5.41. The van der Waals surface area contributed by atoms with Crippen molar-refractivity contribution < 1.29 is 9.47 Å². The van der Waals surface area contributed by atoms with Crippen LogP contribution in [0.15, 0.2) is 29.3 Å². The average molecular weight is 375 g/mol. The van der Waals surface area contributed by atoms with Gasteiger partial charge in [-0.25, -0.2) is 0 Å². The van der Waals surface area contributed by atoms with Gasteiger partial charge in [-0.15, -0.1) is 0 Å². The van der Waals surface area contributed by atoms with E-state index in [9.17, 15) is 0 Å². The fourth-order valence-electron chi connectivity index (χ4n) is 3.76. The largest absolute Gasteiger partial charge is 0.379 e. The Hall–Kier alpha value is -1.63. The van der Waals surface area contributed by atoms with Crippen molar-refractivity contribution in [1.82, 2.24) is 15.1 Å². The number of nitrogens with zero attached hydrogens (tertiary/aromatic N) is 3. The summed E-state index contributed by atoms with van der Waals surface area (Å²) in [7, 11) is 0. The van der Waals surface area contributed by atoms with E-state index >= 15 is 0 Å².